The molecule has 2 aromatic heterocycles. The van der Waals surface area contributed by atoms with E-state index >= 15 is 0 Å². The van der Waals surface area contributed by atoms with Gasteiger partial charge in [0.2, 0.25) is 5.78 Å². The number of nitrogens with one attached hydrogen (secondary N) is 1. The van der Waals surface area contributed by atoms with Crippen LogP contribution in [-0.2, 0) is 4.74 Å². The average Bonchev–Trinajstić information content (AvgIpc) is 3.36. The van der Waals surface area contributed by atoms with Crippen molar-refractivity contribution in [3.8, 4) is 6.07 Å². The molecule has 0 bridgehead atoms. The number of ether oxygens (including phenoxy) is 1. The van der Waals surface area contributed by atoms with Gasteiger partial charge in [-0.2, -0.15) is 10.2 Å². The highest BCUT2D eigenvalue weighted by Crippen LogP contribution is 2.32. The van der Waals surface area contributed by atoms with Crippen LogP contribution < -0.4 is 10.2 Å². The Morgan fingerprint density at radius 2 is 2.03 bits per heavy atom. The van der Waals surface area contributed by atoms with Crippen molar-refractivity contribution in [2.75, 3.05) is 29.9 Å². The second kappa shape index (κ2) is 10.1. The lowest BCUT2D eigenvalue weighted by Gasteiger charge is -2.41. The summed E-state index contributed by atoms with van der Waals surface area (Å²) in [5.74, 6) is 1.35. The van der Waals surface area contributed by atoms with Gasteiger partial charge in [-0.1, -0.05) is 12.1 Å². The van der Waals surface area contributed by atoms with Gasteiger partial charge in [0, 0.05) is 49.1 Å². The van der Waals surface area contributed by atoms with Crippen LogP contribution in [0.4, 0.5) is 16.3 Å². The molecule has 1 saturated heterocycles. The number of nitriles is 1. The van der Waals surface area contributed by atoms with Crippen LogP contribution in [0.2, 0.25) is 0 Å². The number of hydrogen-bond acceptors (Lipinski definition) is 7. The third kappa shape index (κ3) is 5.19. The third-order valence-corrected chi connectivity index (χ3v) is 7.25. The Morgan fingerprint density at radius 3 is 2.74 bits per heavy atom. The fourth-order valence-electron chi connectivity index (χ4n) is 5.30. The molecule has 0 spiro atoms. The minimum Gasteiger partial charge on any atom is -0.444 e. The first kappa shape index (κ1) is 26.3. The van der Waals surface area contributed by atoms with Crippen molar-refractivity contribution in [1.29, 1.82) is 5.26 Å². The summed E-state index contributed by atoms with van der Waals surface area (Å²) in [6.45, 7) is 13.7. The smallest absolute Gasteiger partial charge is 0.410 e. The lowest BCUT2D eigenvalue weighted by atomic mass is 9.98. The second-order valence-corrected chi connectivity index (χ2v) is 11.2. The van der Waals surface area contributed by atoms with Crippen LogP contribution in [0.3, 0.4) is 0 Å². The van der Waals surface area contributed by atoms with Gasteiger partial charge in [-0.05, 0) is 76.9 Å². The molecule has 5 rings (SSSR count). The molecule has 1 aliphatic heterocycles. The summed E-state index contributed by atoms with van der Waals surface area (Å²) in [5, 5.41) is 14.1. The SMILES string of the molecule is Cc1c(C#N)cccc1[C@@H](C)Nc1nc2nccn2c2ccc(N3CCN(C(=O)OC(C)(C)C)C[C@@H]3C)cc12. The fraction of sp³-hybridized carbons (Fsp3) is 0.400. The van der Waals surface area contributed by atoms with Crippen molar-refractivity contribution in [3.63, 3.8) is 0 Å². The van der Waals surface area contributed by atoms with E-state index in [1.165, 1.54) is 0 Å². The summed E-state index contributed by atoms with van der Waals surface area (Å²) in [5.41, 5.74) is 4.23. The Bertz CT molecular complexity index is 1580. The number of rotatable bonds is 4. The summed E-state index contributed by atoms with van der Waals surface area (Å²) in [6.07, 6.45) is 3.40. The zero-order valence-electron chi connectivity index (χ0n) is 23.4. The monoisotopic (exact) mass is 525 g/mol. The molecule has 2 aromatic carbocycles. The van der Waals surface area contributed by atoms with Gasteiger partial charge < -0.3 is 19.9 Å². The first-order valence-electron chi connectivity index (χ1n) is 13.3. The molecule has 1 fully saturated rings. The summed E-state index contributed by atoms with van der Waals surface area (Å²) in [7, 11) is 0. The van der Waals surface area contributed by atoms with Crippen molar-refractivity contribution in [2.45, 2.75) is 59.2 Å². The van der Waals surface area contributed by atoms with E-state index < -0.39 is 5.60 Å². The number of amides is 1. The minimum absolute atomic E-state index is 0.0774. The number of piperazine rings is 1. The number of aromatic nitrogens is 3. The van der Waals surface area contributed by atoms with E-state index in [0.29, 0.717) is 31.0 Å². The van der Waals surface area contributed by atoms with Gasteiger partial charge in [0.1, 0.15) is 11.4 Å². The van der Waals surface area contributed by atoms with Gasteiger partial charge in [-0.25, -0.2) is 9.78 Å². The Morgan fingerprint density at radius 1 is 1.23 bits per heavy atom. The molecule has 1 N–H and O–H groups in total. The minimum atomic E-state index is -0.517. The van der Waals surface area contributed by atoms with Crippen molar-refractivity contribution in [3.05, 3.63) is 65.5 Å². The number of benzene rings is 2. The van der Waals surface area contributed by atoms with Crippen LogP contribution >= 0.6 is 0 Å². The topological polar surface area (TPSA) is 98.8 Å². The Hall–Kier alpha value is -4.32. The molecule has 1 aliphatic rings. The van der Waals surface area contributed by atoms with E-state index in [0.717, 1.165) is 33.5 Å². The summed E-state index contributed by atoms with van der Waals surface area (Å²) in [6, 6.07) is 14.5. The molecular weight excluding hydrogens is 490 g/mol. The first-order valence-corrected chi connectivity index (χ1v) is 13.3. The molecule has 2 atom stereocenters. The van der Waals surface area contributed by atoms with Crippen LogP contribution in [0.1, 0.15) is 57.4 Å². The molecule has 39 heavy (non-hydrogen) atoms. The lowest BCUT2D eigenvalue weighted by molar-refractivity contribution is 0.0219. The molecule has 202 valence electrons. The van der Waals surface area contributed by atoms with Gasteiger partial charge in [0.05, 0.1) is 23.2 Å². The number of nitrogens with zero attached hydrogens (tertiary/aromatic N) is 6. The van der Waals surface area contributed by atoms with E-state index in [9.17, 15) is 10.1 Å². The molecule has 0 unspecified atom stereocenters. The third-order valence-electron chi connectivity index (χ3n) is 7.25. The number of fused-ring (bicyclic) bond motifs is 3. The molecule has 3 heterocycles. The lowest BCUT2D eigenvalue weighted by Crippen LogP contribution is -2.54. The number of imidazole rings is 1. The average molecular weight is 526 g/mol. The van der Waals surface area contributed by atoms with Gasteiger partial charge in [0.15, 0.2) is 0 Å². The van der Waals surface area contributed by atoms with E-state index in [-0.39, 0.29) is 18.2 Å². The molecule has 4 aromatic rings. The highest BCUT2D eigenvalue weighted by atomic mass is 16.6. The van der Waals surface area contributed by atoms with E-state index in [1.54, 1.807) is 11.1 Å². The molecule has 0 aliphatic carbocycles. The normalized spacial score (nSPS) is 16.8. The van der Waals surface area contributed by atoms with E-state index in [4.69, 9.17) is 9.72 Å². The molecule has 0 radical (unpaired) electrons. The second-order valence-electron chi connectivity index (χ2n) is 11.2. The molecule has 9 heteroatoms. The maximum atomic E-state index is 12.6. The first-order chi connectivity index (χ1) is 18.6. The summed E-state index contributed by atoms with van der Waals surface area (Å²) in [4.78, 5) is 26.1. The van der Waals surface area contributed by atoms with Gasteiger partial charge in [-0.3, -0.25) is 4.40 Å². The molecule has 9 nitrogen and oxygen atoms in total. The zero-order chi connectivity index (χ0) is 27.9. The van der Waals surface area contributed by atoms with Crippen LogP contribution in [0, 0.1) is 18.3 Å². The maximum Gasteiger partial charge on any atom is 0.410 e. The quantitative estimate of drug-likeness (QED) is 0.366. The van der Waals surface area contributed by atoms with Crippen molar-refractivity contribution in [1.82, 2.24) is 19.3 Å². The van der Waals surface area contributed by atoms with Crippen LogP contribution in [-0.4, -0.2) is 56.6 Å². The summed E-state index contributed by atoms with van der Waals surface area (Å²) < 4.78 is 7.58. The highest BCUT2D eigenvalue weighted by molar-refractivity contribution is 5.94. The molecular formula is C30H35N7O2. The maximum absolute atomic E-state index is 12.6. The molecule has 0 saturated carbocycles. The number of anilines is 2. The van der Waals surface area contributed by atoms with Crippen molar-refractivity contribution < 1.29 is 9.53 Å². The van der Waals surface area contributed by atoms with Gasteiger partial charge in [-0.15, -0.1) is 0 Å². The van der Waals surface area contributed by atoms with Crippen molar-refractivity contribution >= 4 is 34.3 Å². The molecule has 1 amide bonds. The largest absolute Gasteiger partial charge is 0.444 e. The van der Waals surface area contributed by atoms with E-state index in [2.05, 4.69) is 53.3 Å². The predicted octanol–water partition coefficient (Wildman–Crippen LogP) is 5.68. The fourth-order valence-corrected chi connectivity index (χ4v) is 5.30. The zero-order valence-corrected chi connectivity index (χ0v) is 23.4. The van der Waals surface area contributed by atoms with E-state index in [1.807, 2.05) is 56.5 Å². The Labute approximate surface area is 229 Å². The van der Waals surface area contributed by atoms with Crippen LogP contribution in [0.25, 0.3) is 16.7 Å². The van der Waals surface area contributed by atoms with Crippen molar-refractivity contribution in [2.24, 2.45) is 0 Å². The van der Waals surface area contributed by atoms with Crippen LogP contribution in [0.15, 0.2) is 48.8 Å². The number of carbonyl (C=O) groups excluding carboxylic acids is 1. The number of hydrogen-bond donors (Lipinski definition) is 1. The highest BCUT2D eigenvalue weighted by Gasteiger charge is 2.30. The van der Waals surface area contributed by atoms with Crippen LogP contribution in [0.5, 0.6) is 0 Å². The summed E-state index contributed by atoms with van der Waals surface area (Å²) >= 11 is 0. The Balaban J connectivity index is 1.47. The number of carbonyl (C=O) groups is 1. The standard InChI is InChI=1S/C30H35N7O2/c1-19-18-35(29(38)39-30(4,5)6)14-15-36(19)23-10-11-26-25(16-23)27(34-28-32-12-13-37(26)28)33-21(3)24-9-7-8-22(17-31)20(24)2/h7-13,16,19,21H,14-15,18H2,1-6H3,(H,32,33,34)/t19-,21+/m0/s1. The predicted molar refractivity (Wildman–Crippen MR) is 153 cm³/mol. The van der Waals surface area contributed by atoms with Gasteiger partial charge >= 0.3 is 6.09 Å². The van der Waals surface area contributed by atoms with Gasteiger partial charge in [0.25, 0.3) is 0 Å². The Kier molecular flexibility index (Phi) is 6.81.